The van der Waals surface area contributed by atoms with Crippen LogP contribution >= 0.6 is 0 Å². The smallest absolute Gasteiger partial charge is 0.408 e. The molecule has 0 saturated carbocycles. The molecule has 2 heterocycles. The first-order valence-electron chi connectivity index (χ1n) is 14.9. The molecule has 0 radical (unpaired) electrons. The van der Waals surface area contributed by atoms with Crippen molar-refractivity contribution in [1.29, 1.82) is 0 Å². The molecular formula is C33H41N3O8. The number of ether oxygens (including phenoxy) is 3. The molecule has 2 aromatic carbocycles. The van der Waals surface area contributed by atoms with E-state index in [-0.39, 0.29) is 19.1 Å². The molecule has 3 amide bonds. The molecule has 2 aliphatic heterocycles. The molecule has 236 valence electrons. The van der Waals surface area contributed by atoms with E-state index in [0.717, 1.165) is 16.0 Å². The highest BCUT2D eigenvalue weighted by molar-refractivity contribution is 6.03. The Hall–Kier alpha value is -4.41. The number of amides is 3. The summed E-state index contributed by atoms with van der Waals surface area (Å²) >= 11 is 0. The first-order chi connectivity index (χ1) is 20.9. The van der Waals surface area contributed by atoms with Crippen molar-refractivity contribution < 1.29 is 38.2 Å². The minimum atomic E-state index is -1.17. The molecule has 11 nitrogen and oxygen atoms in total. The van der Waals surface area contributed by atoms with Crippen molar-refractivity contribution in [1.82, 2.24) is 15.1 Å². The number of carbonyl (C=O) groups excluding carboxylic acids is 5. The van der Waals surface area contributed by atoms with Gasteiger partial charge in [0.1, 0.15) is 30.9 Å². The van der Waals surface area contributed by atoms with Gasteiger partial charge in [0.05, 0.1) is 0 Å². The van der Waals surface area contributed by atoms with Crippen LogP contribution in [0.4, 0.5) is 4.79 Å². The molecule has 2 fully saturated rings. The van der Waals surface area contributed by atoms with E-state index in [9.17, 15) is 24.0 Å². The topological polar surface area (TPSA) is 131 Å². The van der Waals surface area contributed by atoms with Gasteiger partial charge in [-0.3, -0.25) is 9.59 Å². The van der Waals surface area contributed by atoms with Gasteiger partial charge >= 0.3 is 18.0 Å². The van der Waals surface area contributed by atoms with Crippen LogP contribution in [0.15, 0.2) is 60.7 Å². The largest absolute Gasteiger partial charge is 0.459 e. The van der Waals surface area contributed by atoms with E-state index in [0.29, 0.717) is 19.4 Å². The number of rotatable bonds is 11. The van der Waals surface area contributed by atoms with E-state index in [4.69, 9.17) is 14.2 Å². The van der Waals surface area contributed by atoms with Crippen LogP contribution in [0.2, 0.25) is 0 Å². The maximum absolute atomic E-state index is 13.7. The summed E-state index contributed by atoms with van der Waals surface area (Å²) in [5.74, 6) is -2.37. The van der Waals surface area contributed by atoms with Crippen LogP contribution in [0.1, 0.15) is 58.6 Å². The van der Waals surface area contributed by atoms with Crippen molar-refractivity contribution in [3.8, 4) is 0 Å². The normalized spacial score (nSPS) is 19.8. The third-order valence-corrected chi connectivity index (χ3v) is 7.28. The fourth-order valence-corrected chi connectivity index (χ4v) is 5.04. The van der Waals surface area contributed by atoms with Crippen molar-refractivity contribution >= 4 is 29.8 Å². The van der Waals surface area contributed by atoms with Gasteiger partial charge in [0.25, 0.3) is 0 Å². The van der Waals surface area contributed by atoms with Gasteiger partial charge in [-0.05, 0) is 50.7 Å². The highest BCUT2D eigenvalue weighted by Crippen LogP contribution is 2.35. The number of hydrogen-bond donors (Lipinski definition) is 1. The number of nitrogens with zero attached hydrogens (tertiary/aromatic N) is 2. The van der Waals surface area contributed by atoms with Gasteiger partial charge in [-0.2, -0.15) is 0 Å². The number of benzene rings is 2. The van der Waals surface area contributed by atoms with Crippen LogP contribution < -0.4 is 5.32 Å². The zero-order chi connectivity index (χ0) is 32.0. The molecule has 2 saturated heterocycles. The number of carbonyl (C=O) groups is 5. The van der Waals surface area contributed by atoms with E-state index in [1.165, 1.54) is 4.90 Å². The van der Waals surface area contributed by atoms with Gasteiger partial charge in [-0.25, -0.2) is 14.4 Å². The number of hydrogen-bond acceptors (Lipinski definition) is 8. The Morgan fingerprint density at radius 1 is 0.841 bits per heavy atom. The summed E-state index contributed by atoms with van der Waals surface area (Å²) in [4.78, 5) is 68.6. The number of nitrogens with one attached hydrogen (secondary N) is 1. The lowest BCUT2D eigenvalue weighted by molar-refractivity contribution is -0.154. The highest BCUT2D eigenvalue weighted by Gasteiger charge is 2.64. The molecular weight excluding hydrogens is 566 g/mol. The van der Waals surface area contributed by atoms with Crippen molar-refractivity contribution in [3.63, 3.8) is 0 Å². The van der Waals surface area contributed by atoms with E-state index >= 15 is 0 Å². The second-order valence-electron chi connectivity index (χ2n) is 12.5. The van der Waals surface area contributed by atoms with E-state index in [1.807, 2.05) is 50.2 Å². The lowest BCUT2D eigenvalue weighted by Crippen LogP contribution is -2.62. The Kier molecular flexibility index (Phi) is 10.3. The SMILES string of the molecule is CC(C)C[C@H](NC(=O)OC(C)(C)C)C(=O)N1CC[C@@H]1C(=O)N1[C@H](C(=O)OCc2ccccc2)[C@H]1C(=O)OCc1ccccc1. The van der Waals surface area contributed by atoms with Gasteiger partial charge < -0.3 is 29.3 Å². The van der Waals surface area contributed by atoms with Gasteiger partial charge in [-0.1, -0.05) is 74.5 Å². The second kappa shape index (κ2) is 13.9. The van der Waals surface area contributed by atoms with Crippen molar-refractivity contribution in [2.75, 3.05) is 6.54 Å². The van der Waals surface area contributed by atoms with Crippen LogP contribution in [0.3, 0.4) is 0 Å². The summed E-state index contributed by atoms with van der Waals surface area (Å²) in [7, 11) is 0. The summed E-state index contributed by atoms with van der Waals surface area (Å²) in [5, 5.41) is 2.65. The Bertz CT molecular complexity index is 1280. The lowest BCUT2D eigenvalue weighted by Gasteiger charge is -2.42. The van der Waals surface area contributed by atoms with E-state index in [1.54, 1.807) is 45.0 Å². The Labute approximate surface area is 257 Å². The Balaban J connectivity index is 1.46. The van der Waals surface area contributed by atoms with Gasteiger partial charge in [0.15, 0.2) is 12.1 Å². The van der Waals surface area contributed by atoms with Gasteiger partial charge in [-0.15, -0.1) is 0 Å². The van der Waals surface area contributed by atoms with E-state index in [2.05, 4.69) is 5.32 Å². The Morgan fingerprint density at radius 3 is 1.75 bits per heavy atom. The minimum absolute atomic E-state index is 0.0226. The maximum atomic E-state index is 13.7. The zero-order valence-electron chi connectivity index (χ0n) is 25.9. The summed E-state index contributed by atoms with van der Waals surface area (Å²) < 4.78 is 16.3. The lowest BCUT2D eigenvalue weighted by atomic mass is 9.97. The Morgan fingerprint density at radius 2 is 1.34 bits per heavy atom. The molecule has 0 bridgehead atoms. The number of alkyl carbamates (subject to hydrolysis) is 1. The van der Waals surface area contributed by atoms with Crippen LogP contribution in [-0.4, -0.2) is 76.0 Å². The molecule has 0 aromatic heterocycles. The number of likely N-dealkylation sites (tertiary alicyclic amines) is 1. The monoisotopic (exact) mass is 607 g/mol. The summed E-state index contributed by atoms with van der Waals surface area (Å²) in [6.07, 6.45) is -0.0463. The average Bonchev–Trinajstić information content (AvgIpc) is 3.70. The van der Waals surface area contributed by atoms with Crippen molar-refractivity contribution in [2.24, 2.45) is 5.92 Å². The standard InChI is InChI=1S/C33H41N3O8/c1-21(2)18-24(34-32(41)44-33(3,4)5)28(37)35-17-16-25(35)29(38)36-26(30(39)42-19-22-12-8-6-9-13-22)27(36)31(40)43-20-23-14-10-7-11-15-23/h6-15,21,24-27H,16-20H2,1-5H3,(H,34,41)/t24-,25+,26-,27-/m0/s1. The number of esters is 2. The first kappa shape index (κ1) is 32.5. The predicted octanol–water partition coefficient (Wildman–Crippen LogP) is 3.59. The van der Waals surface area contributed by atoms with Crippen molar-refractivity contribution in [3.05, 3.63) is 71.8 Å². The third-order valence-electron chi connectivity index (χ3n) is 7.28. The molecule has 11 heteroatoms. The fourth-order valence-electron chi connectivity index (χ4n) is 5.04. The van der Waals surface area contributed by atoms with Crippen LogP contribution in [0.25, 0.3) is 0 Å². The first-order valence-corrected chi connectivity index (χ1v) is 14.9. The molecule has 44 heavy (non-hydrogen) atoms. The maximum Gasteiger partial charge on any atom is 0.408 e. The highest BCUT2D eigenvalue weighted by atomic mass is 16.6. The quantitative estimate of drug-likeness (QED) is 0.233. The predicted molar refractivity (Wildman–Crippen MR) is 160 cm³/mol. The molecule has 2 aromatic rings. The molecule has 0 spiro atoms. The van der Waals surface area contributed by atoms with Crippen LogP contribution in [0, 0.1) is 5.92 Å². The van der Waals surface area contributed by atoms with Crippen LogP contribution in [-0.2, 0) is 46.6 Å². The molecule has 1 N–H and O–H groups in total. The summed E-state index contributed by atoms with van der Waals surface area (Å²) in [6, 6.07) is 14.0. The molecule has 2 aliphatic rings. The van der Waals surface area contributed by atoms with Gasteiger partial charge in [0.2, 0.25) is 11.8 Å². The minimum Gasteiger partial charge on any atom is -0.459 e. The molecule has 0 unspecified atom stereocenters. The summed E-state index contributed by atoms with van der Waals surface area (Å²) in [5.41, 5.74) is 0.761. The summed E-state index contributed by atoms with van der Waals surface area (Å²) in [6.45, 7) is 9.26. The second-order valence-corrected chi connectivity index (χ2v) is 12.5. The van der Waals surface area contributed by atoms with Crippen LogP contribution in [0.5, 0.6) is 0 Å². The fraction of sp³-hybridized carbons (Fsp3) is 0.485. The average molecular weight is 608 g/mol. The van der Waals surface area contributed by atoms with Gasteiger partial charge in [0, 0.05) is 6.54 Å². The molecule has 4 atom stereocenters. The molecule has 4 rings (SSSR count). The van der Waals surface area contributed by atoms with E-state index < -0.39 is 59.6 Å². The zero-order valence-corrected chi connectivity index (χ0v) is 25.9. The van der Waals surface area contributed by atoms with Crippen molar-refractivity contribution in [2.45, 2.75) is 90.4 Å². The third kappa shape index (κ3) is 8.36. The molecule has 0 aliphatic carbocycles.